The molecule has 0 amide bonds. The molecule has 1 aromatic rings. The first-order chi connectivity index (χ1) is 6.69. The van der Waals surface area contributed by atoms with E-state index in [0.717, 1.165) is 14.5 Å². The molecule has 0 aliphatic carbocycles. The minimum Gasteiger partial charge on any atom is -0.350 e. The zero-order valence-electron chi connectivity index (χ0n) is 7.51. The SMILES string of the molecule is CPN/C(=N\N)c1cc(Br)ccc1Br. The van der Waals surface area contributed by atoms with Gasteiger partial charge in [0.05, 0.1) is 0 Å². The molecule has 0 heterocycles. The lowest BCUT2D eigenvalue weighted by Gasteiger charge is -2.08. The van der Waals surface area contributed by atoms with Gasteiger partial charge < -0.3 is 10.9 Å². The minimum absolute atomic E-state index is 0.567. The predicted molar refractivity (Wildman–Crippen MR) is 69.9 cm³/mol. The Morgan fingerprint density at radius 2 is 2.21 bits per heavy atom. The Kier molecular flexibility index (Phi) is 4.85. The summed E-state index contributed by atoms with van der Waals surface area (Å²) in [6.07, 6.45) is 0. The highest BCUT2D eigenvalue weighted by atomic mass is 79.9. The molecular formula is C8H10Br2N3P. The van der Waals surface area contributed by atoms with Crippen molar-refractivity contribution in [3.05, 3.63) is 32.7 Å². The number of benzene rings is 1. The van der Waals surface area contributed by atoms with Crippen LogP contribution in [-0.4, -0.2) is 12.5 Å². The third kappa shape index (κ3) is 2.94. The highest BCUT2D eigenvalue weighted by molar-refractivity contribution is 9.11. The zero-order valence-corrected chi connectivity index (χ0v) is 11.7. The van der Waals surface area contributed by atoms with E-state index in [0.29, 0.717) is 14.6 Å². The van der Waals surface area contributed by atoms with Crippen LogP contribution in [0.1, 0.15) is 5.56 Å². The van der Waals surface area contributed by atoms with Crippen molar-refractivity contribution >= 4 is 46.4 Å². The second-order valence-corrected chi connectivity index (χ2v) is 5.00. The Morgan fingerprint density at radius 3 is 2.79 bits per heavy atom. The standard InChI is InChI=1S/C8H10Br2N3P/c1-14-13-8(12-11)6-4-5(9)2-3-7(6)10/h2-4,14H,11H2,1H3,(H,12,13). The van der Waals surface area contributed by atoms with Crippen LogP contribution < -0.4 is 10.9 Å². The van der Waals surface area contributed by atoms with E-state index >= 15 is 0 Å². The number of halogens is 2. The number of nitrogens with zero attached hydrogens (tertiary/aromatic N) is 1. The van der Waals surface area contributed by atoms with Crippen LogP contribution >= 0.6 is 40.6 Å². The van der Waals surface area contributed by atoms with Crippen LogP contribution in [-0.2, 0) is 0 Å². The Bertz CT molecular complexity index is 354. The van der Waals surface area contributed by atoms with Crippen LogP contribution in [0.15, 0.2) is 32.2 Å². The third-order valence-electron chi connectivity index (χ3n) is 1.56. The molecule has 1 atom stereocenters. The van der Waals surface area contributed by atoms with E-state index in [9.17, 15) is 0 Å². The molecule has 14 heavy (non-hydrogen) atoms. The largest absolute Gasteiger partial charge is 0.350 e. The van der Waals surface area contributed by atoms with Crippen LogP contribution in [0.4, 0.5) is 0 Å². The third-order valence-corrected chi connectivity index (χ3v) is 3.23. The summed E-state index contributed by atoms with van der Waals surface area (Å²) < 4.78 is 1.97. The Balaban J connectivity index is 3.09. The molecule has 0 saturated heterocycles. The van der Waals surface area contributed by atoms with E-state index in [1.807, 2.05) is 24.9 Å². The molecule has 3 N–H and O–H groups in total. The average molecular weight is 339 g/mol. The molecule has 6 heteroatoms. The number of amidine groups is 1. The van der Waals surface area contributed by atoms with Gasteiger partial charge in [0, 0.05) is 14.5 Å². The molecule has 0 saturated carbocycles. The van der Waals surface area contributed by atoms with Gasteiger partial charge in [0.25, 0.3) is 0 Å². The molecule has 0 aromatic heterocycles. The average Bonchev–Trinajstić information content (AvgIpc) is 2.18. The number of nitrogens with one attached hydrogen (secondary N) is 1. The van der Waals surface area contributed by atoms with Crippen LogP contribution in [0.2, 0.25) is 0 Å². The van der Waals surface area contributed by atoms with Gasteiger partial charge in [-0.2, -0.15) is 5.10 Å². The maximum atomic E-state index is 5.30. The van der Waals surface area contributed by atoms with Crippen molar-refractivity contribution in [2.45, 2.75) is 0 Å². The van der Waals surface area contributed by atoms with E-state index in [4.69, 9.17) is 5.84 Å². The van der Waals surface area contributed by atoms with E-state index in [-0.39, 0.29) is 0 Å². The van der Waals surface area contributed by atoms with Gasteiger partial charge in [-0.25, -0.2) is 0 Å². The molecule has 0 aliphatic heterocycles. The Labute approximate surface area is 102 Å². The van der Waals surface area contributed by atoms with Crippen LogP contribution in [0.25, 0.3) is 0 Å². The molecule has 0 spiro atoms. The van der Waals surface area contributed by atoms with Gasteiger partial charge in [-0.3, -0.25) is 0 Å². The summed E-state index contributed by atoms with van der Waals surface area (Å²) in [6.45, 7) is 2.02. The first-order valence-electron chi connectivity index (χ1n) is 3.85. The van der Waals surface area contributed by atoms with E-state index < -0.39 is 0 Å². The van der Waals surface area contributed by atoms with Gasteiger partial charge in [-0.15, -0.1) is 0 Å². The molecule has 1 aromatic carbocycles. The quantitative estimate of drug-likeness (QED) is 0.286. The molecule has 3 nitrogen and oxygen atoms in total. The maximum Gasteiger partial charge on any atom is 0.157 e. The van der Waals surface area contributed by atoms with Gasteiger partial charge in [0.1, 0.15) is 0 Å². The summed E-state index contributed by atoms with van der Waals surface area (Å²) in [4.78, 5) is 0. The molecule has 1 rings (SSSR count). The predicted octanol–water partition coefficient (Wildman–Crippen LogP) is 2.64. The Morgan fingerprint density at radius 1 is 1.50 bits per heavy atom. The van der Waals surface area contributed by atoms with Crippen molar-refractivity contribution in [3.8, 4) is 0 Å². The number of hydrogen-bond donors (Lipinski definition) is 2. The molecule has 0 fully saturated rings. The lowest BCUT2D eigenvalue weighted by Crippen LogP contribution is -2.18. The summed E-state index contributed by atoms with van der Waals surface area (Å²) in [5, 5.41) is 6.83. The molecule has 1 unspecified atom stereocenters. The van der Waals surface area contributed by atoms with Crippen molar-refractivity contribution < 1.29 is 0 Å². The van der Waals surface area contributed by atoms with Crippen molar-refractivity contribution in [2.24, 2.45) is 10.9 Å². The molecule has 76 valence electrons. The summed E-state index contributed by atoms with van der Waals surface area (Å²) in [5.41, 5.74) is 0.955. The summed E-state index contributed by atoms with van der Waals surface area (Å²) in [5.74, 6) is 6.00. The molecule has 0 aliphatic rings. The van der Waals surface area contributed by atoms with Crippen molar-refractivity contribution in [2.75, 3.05) is 6.66 Å². The molecule has 0 bridgehead atoms. The number of hydrogen-bond acceptors (Lipinski definition) is 2. The zero-order chi connectivity index (χ0) is 10.6. The highest BCUT2D eigenvalue weighted by Gasteiger charge is 2.07. The molecule has 0 radical (unpaired) electrons. The van der Waals surface area contributed by atoms with Crippen molar-refractivity contribution in [3.63, 3.8) is 0 Å². The number of nitrogens with two attached hydrogens (primary N) is 1. The van der Waals surface area contributed by atoms with E-state index in [2.05, 4.69) is 42.0 Å². The van der Waals surface area contributed by atoms with E-state index in [1.165, 1.54) is 0 Å². The van der Waals surface area contributed by atoms with Gasteiger partial charge in [0.15, 0.2) is 5.84 Å². The first-order valence-corrected chi connectivity index (χ1v) is 6.93. The highest BCUT2D eigenvalue weighted by Crippen LogP contribution is 2.22. The fourth-order valence-electron chi connectivity index (χ4n) is 0.967. The lowest BCUT2D eigenvalue weighted by molar-refractivity contribution is 1.20. The van der Waals surface area contributed by atoms with Crippen LogP contribution in [0, 0.1) is 0 Å². The first kappa shape index (κ1) is 12.0. The number of hydrazone groups is 1. The van der Waals surface area contributed by atoms with Crippen LogP contribution in [0.3, 0.4) is 0 Å². The summed E-state index contributed by atoms with van der Waals surface area (Å²) >= 11 is 6.85. The second kappa shape index (κ2) is 5.69. The molecular weight excluding hydrogens is 329 g/mol. The van der Waals surface area contributed by atoms with Gasteiger partial charge in [-0.05, 0) is 33.6 Å². The van der Waals surface area contributed by atoms with Crippen molar-refractivity contribution in [1.82, 2.24) is 5.09 Å². The maximum absolute atomic E-state index is 5.30. The van der Waals surface area contributed by atoms with Gasteiger partial charge in [0.2, 0.25) is 0 Å². The van der Waals surface area contributed by atoms with Gasteiger partial charge in [-0.1, -0.05) is 31.9 Å². The normalized spacial score (nSPS) is 12.4. The Hall–Kier alpha value is -0.120. The summed E-state index contributed by atoms with van der Waals surface area (Å²) in [6, 6.07) is 5.86. The second-order valence-electron chi connectivity index (χ2n) is 2.48. The fraction of sp³-hybridized carbons (Fsp3) is 0.125. The monoisotopic (exact) mass is 337 g/mol. The topological polar surface area (TPSA) is 50.4 Å². The fourth-order valence-corrected chi connectivity index (χ4v) is 2.20. The van der Waals surface area contributed by atoms with Crippen LogP contribution in [0.5, 0.6) is 0 Å². The summed E-state index contributed by atoms with van der Waals surface area (Å²) in [7, 11) is 0.567. The van der Waals surface area contributed by atoms with Crippen molar-refractivity contribution in [1.29, 1.82) is 0 Å². The smallest absolute Gasteiger partial charge is 0.157 e. The minimum atomic E-state index is 0.567. The van der Waals surface area contributed by atoms with Gasteiger partial charge >= 0.3 is 0 Å². The van der Waals surface area contributed by atoms with E-state index in [1.54, 1.807) is 0 Å². The number of rotatable bonds is 2. The lowest BCUT2D eigenvalue weighted by atomic mass is 10.2.